The minimum Gasteiger partial charge on any atom is -0.284 e. The summed E-state index contributed by atoms with van der Waals surface area (Å²) >= 11 is 3.22. The summed E-state index contributed by atoms with van der Waals surface area (Å²) in [7, 11) is 0. The zero-order chi connectivity index (χ0) is 18.5. The fraction of sp³-hybridized carbons (Fsp3) is 0.200. The fourth-order valence-corrected chi connectivity index (χ4v) is 4.58. The zero-order valence-electron chi connectivity index (χ0n) is 14.8. The van der Waals surface area contributed by atoms with Crippen LogP contribution in [0.15, 0.2) is 71.0 Å². The Morgan fingerprint density at radius 1 is 0.731 bits per heavy atom. The van der Waals surface area contributed by atoms with Crippen molar-refractivity contribution in [2.75, 3.05) is 0 Å². The summed E-state index contributed by atoms with van der Waals surface area (Å²) in [4.78, 5) is 0. The Labute approximate surface area is 162 Å². The van der Waals surface area contributed by atoms with E-state index < -0.39 is 0 Å². The lowest BCUT2D eigenvalue weighted by Crippen LogP contribution is -2.31. The number of hydrogen-bond donors (Lipinski definition) is 2. The van der Waals surface area contributed by atoms with Crippen LogP contribution in [-0.2, 0) is 11.5 Å². The second kappa shape index (κ2) is 8.47. The van der Waals surface area contributed by atoms with Crippen molar-refractivity contribution in [2.24, 2.45) is 0 Å². The van der Waals surface area contributed by atoms with E-state index in [1.54, 1.807) is 48.1 Å². The molecule has 3 aromatic rings. The predicted octanol–water partition coefficient (Wildman–Crippen LogP) is 3.94. The number of rotatable bonds is 6. The van der Waals surface area contributed by atoms with E-state index in [2.05, 4.69) is 26.0 Å². The first-order valence-corrected chi connectivity index (χ1v) is 10.3. The molecule has 1 aromatic carbocycles. The monoisotopic (exact) mass is 386 g/mol. The molecule has 3 rings (SSSR count). The van der Waals surface area contributed by atoms with E-state index in [4.69, 9.17) is 0 Å². The average Bonchev–Trinajstić information content (AvgIpc) is 2.63. The summed E-state index contributed by atoms with van der Waals surface area (Å²) in [5.74, 6) is 1.61. The van der Waals surface area contributed by atoms with Gasteiger partial charge in [0.25, 0.3) is 10.1 Å². The third-order valence-corrected chi connectivity index (χ3v) is 6.30. The fourth-order valence-electron chi connectivity index (χ4n) is 2.62. The highest BCUT2D eigenvalue weighted by atomic mass is 32.2. The first-order chi connectivity index (χ1) is 12.5. The molecule has 4 nitrogen and oxygen atoms in total. The molecule has 0 atom stereocenters. The van der Waals surface area contributed by atoms with E-state index >= 15 is 0 Å². The summed E-state index contributed by atoms with van der Waals surface area (Å²) in [5.41, 5.74) is 5.01. The number of aromatic nitrogens is 2. The molecule has 0 saturated heterocycles. The lowest BCUT2D eigenvalue weighted by Gasteiger charge is -2.11. The van der Waals surface area contributed by atoms with E-state index in [1.165, 1.54) is 22.3 Å². The molecule has 0 aliphatic rings. The number of thioether (sulfide) groups is 2. The maximum Gasteiger partial charge on any atom is 0.291 e. The summed E-state index contributed by atoms with van der Waals surface area (Å²) in [6.45, 7) is 4.24. The van der Waals surface area contributed by atoms with Gasteiger partial charge in [-0.25, -0.2) is 0 Å². The van der Waals surface area contributed by atoms with Gasteiger partial charge in [0.1, 0.15) is 0 Å². The number of aryl methyl sites for hydroxylation is 2. The van der Waals surface area contributed by atoms with Crippen molar-refractivity contribution in [2.45, 2.75) is 35.4 Å². The second-order valence-corrected chi connectivity index (χ2v) is 8.04. The topological polar surface area (TPSA) is 48.2 Å². The Morgan fingerprint density at radius 2 is 1.15 bits per heavy atom. The number of hydrogen-bond acceptors (Lipinski definition) is 4. The Bertz CT molecular complexity index is 841. The van der Waals surface area contributed by atoms with Crippen LogP contribution in [0.2, 0.25) is 0 Å². The van der Waals surface area contributed by atoms with Crippen LogP contribution >= 0.6 is 23.5 Å². The first kappa shape index (κ1) is 18.6. The maximum atomic E-state index is 9.83. The van der Waals surface area contributed by atoms with Gasteiger partial charge >= 0.3 is 0 Å². The quantitative estimate of drug-likeness (QED) is 0.383. The van der Waals surface area contributed by atoms with Crippen LogP contribution in [0.1, 0.15) is 22.3 Å². The molecule has 0 amide bonds. The summed E-state index contributed by atoms with van der Waals surface area (Å²) in [6.07, 6.45) is 3.27. The van der Waals surface area contributed by atoms with Crippen LogP contribution in [0.4, 0.5) is 0 Å². The van der Waals surface area contributed by atoms with Gasteiger partial charge in [-0.05, 0) is 71.8 Å². The molecule has 2 N–H and O–H groups in total. The molecule has 26 heavy (non-hydrogen) atoms. The highest BCUT2D eigenvalue weighted by molar-refractivity contribution is 7.98. The molecular weight excluding hydrogens is 364 g/mol. The predicted molar refractivity (Wildman–Crippen MR) is 103 cm³/mol. The normalized spacial score (nSPS) is 10.8. The van der Waals surface area contributed by atoms with Crippen molar-refractivity contribution in [1.29, 1.82) is 0 Å². The van der Waals surface area contributed by atoms with Crippen molar-refractivity contribution < 1.29 is 19.9 Å². The van der Waals surface area contributed by atoms with Gasteiger partial charge in [0, 0.05) is 45.2 Å². The van der Waals surface area contributed by atoms with E-state index in [1.807, 2.05) is 24.3 Å². The molecule has 0 aliphatic carbocycles. The Hall–Kier alpha value is -2.18. The van der Waals surface area contributed by atoms with Gasteiger partial charge in [0.05, 0.1) is 0 Å². The highest BCUT2D eigenvalue weighted by Crippen LogP contribution is 2.27. The largest absolute Gasteiger partial charge is 0.291 e. The Balaban J connectivity index is 1.70. The number of benzene rings is 1. The first-order valence-electron chi connectivity index (χ1n) is 8.29. The van der Waals surface area contributed by atoms with Gasteiger partial charge in [-0.1, -0.05) is 12.1 Å². The van der Waals surface area contributed by atoms with Crippen molar-refractivity contribution in [1.82, 2.24) is 0 Å². The van der Waals surface area contributed by atoms with Crippen LogP contribution in [0.3, 0.4) is 0 Å². The van der Waals surface area contributed by atoms with Gasteiger partial charge < -0.3 is 0 Å². The van der Waals surface area contributed by atoms with Crippen molar-refractivity contribution >= 4 is 23.5 Å². The molecule has 0 saturated carbocycles. The molecule has 134 valence electrons. The van der Waals surface area contributed by atoms with Crippen LogP contribution in [0, 0.1) is 13.8 Å². The van der Waals surface area contributed by atoms with E-state index in [0.717, 1.165) is 31.0 Å². The van der Waals surface area contributed by atoms with Gasteiger partial charge in [0.15, 0.2) is 0 Å². The summed E-state index contributed by atoms with van der Waals surface area (Å²) < 4.78 is 2.31. The molecule has 2 heterocycles. The van der Waals surface area contributed by atoms with Crippen LogP contribution in [0.5, 0.6) is 0 Å². The van der Waals surface area contributed by atoms with E-state index in [0.29, 0.717) is 0 Å². The van der Waals surface area contributed by atoms with E-state index in [9.17, 15) is 10.4 Å². The van der Waals surface area contributed by atoms with Crippen LogP contribution < -0.4 is 9.46 Å². The minimum atomic E-state index is 0.806. The van der Waals surface area contributed by atoms with Crippen molar-refractivity contribution in [3.63, 3.8) is 0 Å². The number of nitrogens with zero attached hydrogens (tertiary/aromatic N) is 2. The Kier molecular flexibility index (Phi) is 6.06. The minimum absolute atomic E-state index is 0.806. The third-order valence-electron chi connectivity index (χ3n) is 4.15. The average molecular weight is 387 g/mol. The maximum absolute atomic E-state index is 9.83. The number of pyridine rings is 2. The second-order valence-electron chi connectivity index (χ2n) is 6.05. The Morgan fingerprint density at radius 3 is 1.54 bits per heavy atom. The summed E-state index contributed by atoms with van der Waals surface area (Å²) in [5, 5.41) is 21.3. The molecule has 0 unspecified atom stereocenters. The molecular formula is C20H22N2O2S2+2. The lowest BCUT2D eigenvalue weighted by atomic mass is 10.0. The lowest BCUT2D eigenvalue weighted by molar-refractivity contribution is -0.932. The van der Waals surface area contributed by atoms with Gasteiger partial charge in [-0.3, -0.25) is 10.4 Å². The molecule has 0 fully saturated rings. The van der Waals surface area contributed by atoms with Crippen LogP contribution in [-0.4, -0.2) is 10.4 Å². The highest BCUT2D eigenvalue weighted by Gasteiger charge is 2.13. The molecule has 6 heteroatoms. The SMILES string of the molecule is Cc1cc(CSc2cccc[n+]2O)c(C)cc1CSc1cccc[n+]1O. The van der Waals surface area contributed by atoms with Gasteiger partial charge in [-0.2, -0.15) is 0 Å². The van der Waals surface area contributed by atoms with Crippen molar-refractivity contribution in [3.8, 4) is 0 Å². The third kappa shape index (κ3) is 4.51. The van der Waals surface area contributed by atoms with Gasteiger partial charge in [0.2, 0.25) is 12.4 Å². The summed E-state index contributed by atoms with van der Waals surface area (Å²) in [6, 6.07) is 15.7. The molecule has 2 aromatic heterocycles. The standard InChI is InChI=1S/C20H22N2O2S2/c1-15-11-18(14-26-20-8-4-6-10-22(20)24)16(2)12-17(15)13-25-19-7-3-5-9-21(19)23/h3-12,23-24H,13-14H2,1-2H3/q+2. The van der Waals surface area contributed by atoms with Crippen LogP contribution in [0.25, 0.3) is 0 Å². The molecule has 0 bridgehead atoms. The zero-order valence-corrected chi connectivity index (χ0v) is 16.4. The van der Waals surface area contributed by atoms with Crippen molar-refractivity contribution in [3.05, 3.63) is 83.2 Å². The molecule has 0 spiro atoms. The molecule has 0 aliphatic heterocycles. The van der Waals surface area contributed by atoms with Gasteiger partial charge in [-0.15, -0.1) is 0 Å². The smallest absolute Gasteiger partial charge is 0.284 e. The molecule has 0 radical (unpaired) electrons. The van der Waals surface area contributed by atoms with E-state index in [-0.39, 0.29) is 0 Å².